The maximum absolute atomic E-state index is 9.04. The van der Waals surface area contributed by atoms with Crippen LogP contribution in [0, 0.1) is 12.8 Å². The van der Waals surface area contributed by atoms with Crippen LogP contribution in [0.4, 0.5) is 0 Å². The predicted octanol–water partition coefficient (Wildman–Crippen LogP) is 2.25. The molecule has 1 atom stereocenters. The Morgan fingerprint density at radius 3 is 2.89 bits per heavy atom. The van der Waals surface area contributed by atoms with Gasteiger partial charge in [0.05, 0.1) is 6.61 Å². The quantitative estimate of drug-likeness (QED) is 0.779. The lowest BCUT2D eigenvalue weighted by atomic mass is 10.1. The van der Waals surface area contributed by atoms with Gasteiger partial charge in [-0.1, -0.05) is 25.1 Å². The van der Waals surface area contributed by atoms with Crippen LogP contribution in [0.5, 0.6) is 5.75 Å². The van der Waals surface area contributed by atoms with Gasteiger partial charge in [0.2, 0.25) is 0 Å². The van der Waals surface area contributed by atoms with Crippen molar-refractivity contribution >= 4 is 0 Å². The predicted molar refractivity (Wildman–Crippen MR) is 72.8 cm³/mol. The van der Waals surface area contributed by atoms with Crippen molar-refractivity contribution in [2.75, 3.05) is 13.2 Å². The molecule has 0 spiro atoms. The van der Waals surface area contributed by atoms with Crippen LogP contribution in [0.25, 0.3) is 0 Å². The van der Waals surface area contributed by atoms with Crippen molar-refractivity contribution in [3.63, 3.8) is 0 Å². The van der Waals surface area contributed by atoms with Crippen molar-refractivity contribution in [2.24, 2.45) is 5.92 Å². The summed E-state index contributed by atoms with van der Waals surface area (Å²) in [6, 6.07) is 6.96. The zero-order chi connectivity index (χ0) is 13.0. The van der Waals surface area contributed by atoms with Gasteiger partial charge in [0.25, 0.3) is 0 Å². The summed E-state index contributed by atoms with van der Waals surface area (Å²) in [5.41, 5.74) is 2.38. The Morgan fingerprint density at radius 2 is 2.22 bits per heavy atom. The number of aliphatic hydroxyl groups excluding tert-OH is 1. The molecule has 1 aliphatic rings. The maximum Gasteiger partial charge on any atom is 0.126 e. The number of rotatable bonds is 7. The number of nitrogens with one attached hydrogen (secondary N) is 1. The van der Waals surface area contributed by atoms with E-state index < -0.39 is 0 Å². The molecule has 2 N–H and O–H groups in total. The minimum absolute atomic E-state index is 0.168. The van der Waals surface area contributed by atoms with Gasteiger partial charge in [-0.15, -0.1) is 0 Å². The smallest absolute Gasteiger partial charge is 0.126 e. The molecule has 0 heterocycles. The van der Waals surface area contributed by atoms with Crippen LogP contribution in [-0.2, 0) is 6.54 Å². The van der Waals surface area contributed by atoms with Crippen LogP contribution in [0.15, 0.2) is 18.2 Å². The molecule has 100 valence electrons. The van der Waals surface area contributed by atoms with Crippen LogP contribution in [-0.4, -0.2) is 24.4 Å². The fourth-order valence-corrected chi connectivity index (χ4v) is 1.88. The first kappa shape index (κ1) is 13.4. The van der Waals surface area contributed by atoms with E-state index in [0.717, 1.165) is 17.9 Å². The Balaban J connectivity index is 1.99. The third kappa shape index (κ3) is 3.72. The summed E-state index contributed by atoms with van der Waals surface area (Å²) >= 11 is 0. The van der Waals surface area contributed by atoms with Gasteiger partial charge in [0.15, 0.2) is 0 Å². The highest BCUT2D eigenvalue weighted by molar-refractivity contribution is 5.40. The third-order valence-electron chi connectivity index (χ3n) is 3.28. The molecular formula is C15H23NO2. The van der Waals surface area contributed by atoms with Crippen molar-refractivity contribution < 1.29 is 9.84 Å². The van der Waals surface area contributed by atoms with E-state index in [-0.39, 0.29) is 12.5 Å². The van der Waals surface area contributed by atoms with Gasteiger partial charge < -0.3 is 15.2 Å². The summed E-state index contributed by atoms with van der Waals surface area (Å²) in [6.45, 7) is 5.66. The molecule has 0 bridgehead atoms. The molecule has 0 saturated heterocycles. The highest BCUT2D eigenvalue weighted by Crippen LogP contribution is 2.26. The highest BCUT2D eigenvalue weighted by Gasteiger charge is 2.20. The molecule has 3 heteroatoms. The third-order valence-corrected chi connectivity index (χ3v) is 3.28. The summed E-state index contributed by atoms with van der Waals surface area (Å²) in [5.74, 6) is 1.15. The van der Waals surface area contributed by atoms with Crippen LogP contribution in [0.3, 0.4) is 0 Å². The molecule has 1 unspecified atom stereocenters. The minimum atomic E-state index is 0.168. The number of aryl methyl sites for hydroxylation is 1. The standard InChI is InChI=1S/C15H23NO2/c1-11(9-17)10-18-15-12(2)4-3-5-13(15)8-16-14-6-7-14/h3-5,11,14,16-17H,6-10H2,1-2H3. The van der Waals surface area contributed by atoms with Crippen LogP contribution in [0.1, 0.15) is 30.9 Å². The number of aliphatic hydroxyl groups is 1. The second-order valence-electron chi connectivity index (χ2n) is 5.32. The number of para-hydroxylation sites is 1. The molecular weight excluding hydrogens is 226 g/mol. The average molecular weight is 249 g/mol. The van der Waals surface area contributed by atoms with Gasteiger partial charge in [0, 0.05) is 30.7 Å². The first-order valence-electron chi connectivity index (χ1n) is 6.76. The van der Waals surface area contributed by atoms with Crippen molar-refractivity contribution in [2.45, 2.75) is 39.3 Å². The molecule has 0 aliphatic heterocycles. The van der Waals surface area contributed by atoms with Crippen LogP contribution < -0.4 is 10.1 Å². The normalized spacial score (nSPS) is 16.6. The molecule has 1 aliphatic carbocycles. The Morgan fingerprint density at radius 1 is 1.44 bits per heavy atom. The lowest BCUT2D eigenvalue weighted by molar-refractivity contribution is 0.173. The van der Waals surface area contributed by atoms with Gasteiger partial charge in [-0.25, -0.2) is 0 Å². The van der Waals surface area contributed by atoms with E-state index >= 15 is 0 Å². The highest BCUT2D eigenvalue weighted by atomic mass is 16.5. The second-order valence-corrected chi connectivity index (χ2v) is 5.32. The topological polar surface area (TPSA) is 41.5 Å². The Hall–Kier alpha value is -1.06. The Labute approximate surface area is 109 Å². The molecule has 0 aromatic heterocycles. The summed E-state index contributed by atoms with van der Waals surface area (Å²) in [4.78, 5) is 0. The largest absolute Gasteiger partial charge is 0.493 e. The molecule has 2 rings (SSSR count). The molecule has 1 saturated carbocycles. The molecule has 3 nitrogen and oxygen atoms in total. The van der Waals surface area contributed by atoms with E-state index in [2.05, 4.69) is 30.4 Å². The van der Waals surface area contributed by atoms with Gasteiger partial charge in [-0.2, -0.15) is 0 Å². The van der Waals surface area contributed by atoms with E-state index in [1.165, 1.54) is 18.4 Å². The van der Waals surface area contributed by atoms with Gasteiger partial charge in [-0.05, 0) is 25.3 Å². The van der Waals surface area contributed by atoms with Gasteiger partial charge in [-0.3, -0.25) is 0 Å². The molecule has 18 heavy (non-hydrogen) atoms. The molecule has 1 aromatic carbocycles. The first-order chi connectivity index (χ1) is 8.70. The lowest BCUT2D eigenvalue weighted by Gasteiger charge is -2.16. The van der Waals surface area contributed by atoms with Crippen molar-refractivity contribution in [1.82, 2.24) is 5.32 Å². The van der Waals surface area contributed by atoms with Gasteiger partial charge in [0.1, 0.15) is 5.75 Å². The molecule has 0 amide bonds. The fraction of sp³-hybridized carbons (Fsp3) is 0.600. The number of hydrogen-bond acceptors (Lipinski definition) is 3. The van der Waals surface area contributed by atoms with E-state index in [1.807, 2.05) is 6.92 Å². The van der Waals surface area contributed by atoms with E-state index in [9.17, 15) is 0 Å². The number of benzene rings is 1. The van der Waals surface area contributed by atoms with Gasteiger partial charge >= 0.3 is 0 Å². The number of ether oxygens (including phenoxy) is 1. The maximum atomic E-state index is 9.04. The van der Waals surface area contributed by atoms with Crippen molar-refractivity contribution in [3.8, 4) is 5.75 Å². The number of hydrogen-bond donors (Lipinski definition) is 2. The van der Waals surface area contributed by atoms with Crippen LogP contribution >= 0.6 is 0 Å². The lowest BCUT2D eigenvalue weighted by Crippen LogP contribution is -2.18. The summed E-state index contributed by atoms with van der Waals surface area (Å²) in [6.07, 6.45) is 2.59. The fourth-order valence-electron chi connectivity index (χ4n) is 1.88. The minimum Gasteiger partial charge on any atom is -0.493 e. The zero-order valence-corrected chi connectivity index (χ0v) is 11.3. The Kier molecular flexibility index (Phi) is 4.61. The van der Waals surface area contributed by atoms with E-state index in [1.54, 1.807) is 0 Å². The molecule has 0 radical (unpaired) electrons. The SMILES string of the molecule is Cc1cccc(CNC2CC2)c1OCC(C)CO. The van der Waals surface area contributed by atoms with E-state index in [0.29, 0.717) is 12.6 Å². The average Bonchev–Trinajstić information content (AvgIpc) is 3.18. The summed E-state index contributed by atoms with van der Waals surface area (Å²) < 4.78 is 5.87. The van der Waals surface area contributed by atoms with Crippen molar-refractivity contribution in [1.29, 1.82) is 0 Å². The van der Waals surface area contributed by atoms with Crippen molar-refractivity contribution in [3.05, 3.63) is 29.3 Å². The molecule has 1 aromatic rings. The second kappa shape index (κ2) is 6.21. The monoisotopic (exact) mass is 249 g/mol. The zero-order valence-electron chi connectivity index (χ0n) is 11.3. The van der Waals surface area contributed by atoms with E-state index in [4.69, 9.17) is 9.84 Å². The molecule has 1 fully saturated rings. The summed E-state index contributed by atoms with van der Waals surface area (Å²) in [5, 5.41) is 12.6. The van der Waals surface area contributed by atoms with Crippen LogP contribution in [0.2, 0.25) is 0 Å². The summed E-state index contributed by atoms with van der Waals surface area (Å²) in [7, 11) is 0. The first-order valence-corrected chi connectivity index (χ1v) is 6.76. The Bertz CT molecular complexity index is 388.